The van der Waals surface area contributed by atoms with E-state index in [0.717, 1.165) is 12.8 Å². The lowest BCUT2D eigenvalue weighted by molar-refractivity contribution is 0.749. The van der Waals surface area contributed by atoms with Crippen molar-refractivity contribution >= 4 is 5.57 Å². The summed E-state index contributed by atoms with van der Waals surface area (Å²) in [5, 5.41) is 3.20. The standard InChI is InChI=1S/C22H25N/c1-15(18-9-11-20(23-4)12-10-18)13-16(2)22-14-19-7-5-6-8-21(19)17(22)3/h5-9,11-13,18,23H,3,10,14H2,1-2,4H3/b15-13+,22-16-. The zero-order chi connectivity index (χ0) is 16.4. The third-order valence-corrected chi connectivity index (χ3v) is 4.97. The molecular weight excluding hydrogens is 278 g/mol. The highest BCUT2D eigenvalue weighted by Gasteiger charge is 2.20. The summed E-state index contributed by atoms with van der Waals surface area (Å²) in [6.07, 6.45) is 11.2. The summed E-state index contributed by atoms with van der Waals surface area (Å²) in [7, 11) is 1.97. The van der Waals surface area contributed by atoms with Gasteiger partial charge in [-0.2, -0.15) is 0 Å². The summed E-state index contributed by atoms with van der Waals surface area (Å²) < 4.78 is 0. The number of fused-ring (bicyclic) bond motifs is 1. The van der Waals surface area contributed by atoms with Gasteiger partial charge in [-0.25, -0.2) is 0 Å². The number of hydrogen-bond donors (Lipinski definition) is 1. The highest BCUT2D eigenvalue weighted by molar-refractivity contribution is 5.85. The number of likely N-dealkylation sites (N-methyl/N-ethyl adjacent to an activating group) is 1. The second-order valence-corrected chi connectivity index (χ2v) is 6.47. The van der Waals surface area contributed by atoms with Crippen LogP contribution >= 0.6 is 0 Å². The Hall–Kier alpha value is -2.28. The van der Waals surface area contributed by atoms with Gasteiger partial charge in [0.05, 0.1) is 0 Å². The molecule has 1 N–H and O–H groups in total. The monoisotopic (exact) mass is 303 g/mol. The van der Waals surface area contributed by atoms with E-state index in [1.165, 1.54) is 39.1 Å². The molecule has 0 heterocycles. The molecule has 0 saturated carbocycles. The average molecular weight is 303 g/mol. The van der Waals surface area contributed by atoms with Crippen molar-refractivity contribution in [3.8, 4) is 0 Å². The van der Waals surface area contributed by atoms with Gasteiger partial charge in [-0.15, -0.1) is 0 Å². The minimum Gasteiger partial charge on any atom is -0.388 e. The smallest absolute Gasteiger partial charge is 0.0294 e. The predicted octanol–water partition coefficient (Wildman–Crippen LogP) is 5.20. The molecular formula is C22H25N. The molecule has 1 unspecified atom stereocenters. The van der Waals surface area contributed by atoms with Gasteiger partial charge in [0, 0.05) is 18.7 Å². The largest absolute Gasteiger partial charge is 0.388 e. The Morgan fingerprint density at radius 3 is 2.70 bits per heavy atom. The summed E-state index contributed by atoms with van der Waals surface area (Å²) in [6, 6.07) is 8.61. The molecule has 0 radical (unpaired) electrons. The quantitative estimate of drug-likeness (QED) is 0.809. The molecule has 1 atom stereocenters. The molecule has 0 spiro atoms. The fraction of sp³-hybridized carbons (Fsp3) is 0.273. The van der Waals surface area contributed by atoms with Gasteiger partial charge in [0.2, 0.25) is 0 Å². The number of rotatable bonds is 3. The van der Waals surface area contributed by atoms with Crippen molar-refractivity contribution in [2.45, 2.75) is 26.7 Å². The highest BCUT2D eigenvalue weighted by Crippen LogP contribution is 2.37. The van der Waals surface area contributed by atoms with Crippen LogP contribution in [0.25, 0.3) is 5.57 Å². The summed E-state index contributed by atoms with van der Waals surface area (Å²) in [6.45, 7) is 8.78. The molecule has 0 aliphatic heterocycles. The maximum atomic E-state index is 4.32. The minimum absolute atomic E-state index is 0.500. The summed E-state index contributed by atoms with van der Waals surface area (Å²) in [5.74, 6) is 0.500. The lowest BCUT2D eigenvalue weighted by Crippen LogP contribution is -2.09. The fourth-order valence-electron chi connectivity index (χ4n) is 3.49. The van der Waals surface area contributed by atoms with Crippen LogP contribution in [0.15, 0.2) is 77.6 Å². The average Bonchev–Trinajstić information content (AvgIpc) is 2.92. The maximum Gasteiger partial charge on any atom is 0.0294 e. The van der Waals surface area contributed by atoms with Crippen LogP contribution in [0.4, 0.5) is 0 Å². The first-order valence-corrected chi connectivity index (χ1v) is 8.31. The van der Waals surface area contributed by atoms with Gasteiger partial charge in [0.1, 0.15) is 0 Å². The molecule has 23 heavy (non-hydrogen) atoms. The van der Waals surface area contributed by atoms with Crippen molar-refractivity contribution in [2.24, 2.45) is 5.92 Å². The van der Waals surface area contributed by atoms with E-state index in [2.05, 4.69) is 74.3 Å². The van der Waals surface area contributed by atoms with Crippen LogP contribution in [0.1, 0.15) is 31.4 Å². The Bertz CT molecular complexity index is 756. The lowest BCUT2D eigenvalue weighted by Gasteiger charge is -2.17. The molecule has 118 valence electrons. The SMILES string of the molecule is C=C1/C(=C(C)\C=C(/C)C2C=CC(NC)=CC2)Cc2ccccc21. The van der Waals surface area contributed by atoms with E-state index < -0.39 is 0 Å². The molecule has 0 aromatic heterocycles. The Morgan fingerprint density at radius 2 is 2.04 bits per heavy atom. The third-order valence-electron chi connectivity index (χ3n) is 4.97. The zero-order valence-electron chi connectivity index (χ0n) is 14.3. The number of hydrogen-bond acceptors (Lipinski definition) is 1. The Kier molecular flexibility index (Phi) is 4.38. The van der Waals surface area contributed by atoms with E-state index in [-0.39, 0.29) is 0 Å². The molecule has 1 aromatic carbocycles. The van der Waals surface area contributed by atoms with Crippen LogP contribution in [0.5, 0.6) is 0 Å². The Morgan fingerprint density at radius 1 is 1.26 bits per heavy atom. The first kappa shape index (κ1) is 15.6. The molecule has 1 nitrogen and oxygen atoms in total. The number of benzene rings is 1. The Balaban J connectivity index is 1.82. The van der Waals surface area contributed by atoms with Crippen LogP contribution in [0.2, 0.25) is 0 Å². The first-order valence-electron chi connectivity index (χ1n) is 8.31. The van der Waals surface area contributed by atoms with E-state index in [1.807, 2.05) is 7.05 Å². The van der Waals surface area contributed by atoms with Crippen LogP contribution in [0, 0.1) is 5.92 Å². The molecule has 2 aliphatic rings. The van der Waals surface area contributed by atoms with E-state index in [9.17, 15) is 0 Å². The van der Waals surface area contributed by atoms with Gasteiger partial charge in [0.25, 0.3) is 0 Å². The van der Waals surface area contributed by atoms with Gasteiger partial charge < -0.3 is 5.32 Å². The Labute approximate surface area is 139 Å². The van der Waals surface area contributed by atoms with Gasteiger partial charge in [-0.3, -0.25) is 0 Å². The van der Waals surface area contributed by atoms with E-state index >= 15 is 0 Å². The van der Waals surface area contributed by atoms with Gasteiger partial charge in [-0.05, 0) is 60.6 Å². The number of nitrogens with one attached hydrogen (secondary N) is 1. The first-order chi connectivity index (χ1) is 11.1. The molecule has 0 fully saturated rings. The van der Waals surface area contributed by atoms with Crippen molar-refractivity contribution in [2.75, 3.05) is 7.05 Å². The molecule has 1 heteroatoms. The van der Waals surface area contributed by atoms with E-state index in [4.69, 9.17) is 0 Å². The zero-order valence-corrected chi connectivity index (χ0v) is 14.3. The second kappa shape index (κ2) is 6.45. The summed E-state index contributed by atoms with van der Waals surface area (Å²) in [4.78, 5) is 0. The van der Waals surface area contributed by atoms with Crippen molar-refractivity contribution < 1.29 is 0 Å². The minimum atomic E-state index is 0.500. The fourth-order valence-corrected chi connectivity index (χ4v) is 3.49. The van der Waals surface area contributed by atoms with Crippen LogP contribution in [0.3, 0.4) is 0 Å². The van der Waals surface area contributed by atoms with Gasteiger partial charge in [0.15, 0.2) is 0 Å². The topological polar surface area (TPSA) is 12.0 Å². The second-order valence-electron chi connectivity index (χ2n) is 6.47. The molecule has 3 rings (SSSR count). The van der Waals surface area contributed by atoms with Crippen molar-refractivity contribution in [3.05, 3.63) is 88.7 Å². The number of allylic oxidation sites excluding steroid dienone is 8. The third kappa shape index (κ3) is 3.10. The molecule has 0 amide bonds. The van der Waals surface area contributed by atoms with Crippen LogP contribution in [-0.2, 0) is 6.42 Å². The van der Waals surface area contributed by atoms with Crippen molar-refractivity contribution in [1.82, 2.24) is 5.32 Å². The maximum absolute atomic E-state index is 4.32. The summed E-state index contributed by atoms with van der Waals surface area (Å²) in [5.41, 5.74) is 9.27. The lowest BCUT2D eigenvalue weighted by atomic mass is 9.90. The molecule has 0 saturated heterocycles. The normalized spacial score (nSPS) is 22.7. The summed E-state index contributed by atoms with van der Waals surface area (Å²) >= 11 is 0. The van der Waals surface area contributed by atoms with Gasteiger partial charge >= 0.3 is 0 Å². The predicted molar refractivity (Wildman–Crippen MR) is 100 cm³/mol. The molecule has 0 bridgehead atoms. The van der Waals surface area contributed by atoms with Crippen molar-refractivity contribution in [1.29, 1.82) is 0 Å². The van der Waals surface area contributed by atoms with Gasteiger partial charge in [-0.1, -0.05) is 54.6 Å². The highest BCUT2D eigenvalue weighted by atomic mass is 14.8. The van der Waals surface area contributed by atoms with Crippen molar-refractivity contribution in [3.63, 3.8) is 0 Å². The molecule has 2 aliphatic carbocycles. The van der Waals surface area contributed by atoms with Crippen LogP contribution in [-0.4, -0.2) is 7.05 Å². The molecule has 1 aromatic rings. The van der Waals surface area contributed by atoms with E-state index in [0.29, 0.717) is 5.92 Å². The van der Waals surface area contributed by atoms with Crippen LogP contribution < -0.4 is 5.32 Å². The van der Waals surface area contributed by atoms with E-state index in [1.54, 1.807) is 0 Å².